The number of amidine groups is 1. The zero-order valence-electron chi connectivity index (χ0n) is 20.4. The van der Waals surface area contributed by atoms with Crippen molar-refractivity contribution in [1.82, 2.24) is 4.90 Å². The first-order valence-electron chi connectivity index (χ1n) is 12.4. The van der Waals surface area contributed by atoms with Gasteiger partial charge < -0.3 is 14.2 Å². The van der Waals surface area contributed by atoms with Crippen LogP contribution < -0.4 is 9.47 Å². The van der Waals surface area contributed by atoms with Gasteiger partial charge in [0.05, 0.1) is 28.7 Å². The van der Waals surface area contributed by atoms with Crippen molar-refractivity contribution in [2.24, 2.45) is 4.99 Å². The summed E-state index contributed by atoms with van der Waals surface area (Å²) in [4.78, 5) is 32.9. The fraction of sp³-hybridized carbons (Fsp3) is 0.577. The molecule has 190 valence electrons. The lowest BCUT2D eigenvalue weighted by molar-refractivity contribution is -0.143. The fourth-order valence-electron chi connectivity index (χ4n) is 4.91. The quantitative estimate of drug-likeness (QED) is 0.221. The lowest BCUT2D eigenvalue weighted by atomic mass is 9.94. The Bertz CT molecular complexity index is 1000. The SMILES string of the molecule is COC(=O)COc1c(I)cc(C=C2SC(=NC3CCCCC3)N(C3CCCCC3)C2=O)cc1OC. The van der Waals surface area contributed by atoms with Crippen molar-refractivity contribution in [2.45, 2.75) is 76.3 Å². The number of methoxy groups -OCH3 is 2. The van der Waals surface area contributed by atoms with Crippen LogP contribution in [0.2, 0.25) is 0 Å². The Balaban J connectivity index is 1.61. The standard InChI is InChI=1S/C26H33IN2O5S/c1-32-21-14-17(13-20(27)24(21)34-16-23(30)33-2)15-22-25(31)29(19-11-7-4-8-12-19)26(35-22)28-18-9-5-3-6-10-18/h13-15,18-19H,3-12,16H2,1-2H3. The molecule has 3 fully saturated rings. The molecule has 0 radical (unpaired) electrons. The van der Waals surface area contributed by atoms with Gasteiger partial charge in [-0.3, -0.25) is 14.7 Å². The molecule has 3 aliphatic rings. The summed E-state index contributed by atoms with van der Waals surface area (Å²) in [5.41, 5.74) is 0.843. The highest BCUT2D eigenvalue weighted by molar-refractivity contribution is 14.1. The van der Waals surface area contributed by atoms with Gasteiger partial charge in [0.25, 0.3) is 5.91 Å². The third-order valence-electron chi connectivity index (χ3n) is 6.76. The summed E-state index contributed by atoms with van der Waals surface area (Å²) in [6, 6.07) is 4.31. The van der Waals surface area contributed by atoms with E-state index in [0.29, 0.717) is 22.4 Å². The van der Waals surface area contributed by atoms with Gasteiger partial charge in [0.2, 0.25) is 0 Å². The number of thioether (sulfide) groups is 1. The largest absolute Gasteiger partial charge is 0.493 e. The summed E-state index contributed by atoms with van der Waals surface area (Å²) in [5, 5.41) is 0.875. The first-order chi connectivity index (χ1) is 17.0. The van der Waals surface area contributed by atoms with Gasteiger partial charge in [-0.2, -0.15) is 0 Å². The van der Waals surface area contributed by atoms with Crippen LogP contribution in [0.5, 0.6) is 11.5 Å². The highest BCUT2D eigenvalue weighted by Crippen LogP contribution is 2.40. The van der Waals surface area contributed by atoms with E-state index in [1.54, 1.807) is 7.11 Å². The Hall–Kier alpha value is -1.75. The van der Waals surface area contributed by atoms with Gasteiger partial charge >= 0.3 is 5.97 Å². The number of nitrogens with zero attached hydrogens (tertiary/aromatic N) is 2. The Morgan fingerprint density at radius 1 is 1.11 bits per heavy atom. The van der Waals surface area contributed by atoms with Crippen molar-refractivity contribution >= 4 is 57.5 Å². The summed E-state index contributed by atoms with van der Waals surface area (Å²) in [7, 11) is 2.88. The van der Waals surface area contributed by atoms with Crippen molar-refractivity contribution in [3.63, 3.8) is 0 Å². The molecule has 1 aliphatic heterocycles. The Labute approximate surface area is 225 Å². The molecule has 2 aliphatic carbocycles. The van der Waals surface area contributed by atoms with E-state index >= 15 is 0 Å². The van der Waals surface area contributed by atoms with E-state index in [1.165, 1.54) is 44.6 Å². The first-order valence-corrected chi connectivity index (χ1v) is 14.3. The number of ether oxygens (including phenoxy) is 3. The maximum atomic E-state index is 13.6. The summed E-state index contributed by atoms with van der Waals surface area (Å²) in [6.45, 7) is -0.199. The second-order valence-corrected chi connectivity index (χ2v) is 11.4. The lowest BCUT2D eigenvalue weighted by Crippen LogP contribution is -2.41. The third kappa shape index (κ3) is 6.53. The molecule has 7 nitrogen and oxygen atoms in total. The van der Waals surface area contributed by atoms with Gasteiger partial charge in [-0.25, -0.2) is 4.79 Å². The van der Waals surface area contributed by atoms with Crippen LogP contribution in [-0.4, -0.2) is 54.9 Å². The molecule has 9 heteroatoms. The average molecular weight is 613 g/mol. The molecule has 0 bridgehead atoms. The Kier molecular flexibility index (Phi) is 9.38. The van der Waals surface area contributed by atoms with Crippen LogP contribution in [0.15, 0.2) is 22.0 Å². The maximum Gasteiger partial charge on any atom is 0.343 e. The molecule has 0 atom stereocenters. The van der Waals surface area contributed by atoms with Gasteiger partial charge in [0.1, 0.15) is 0 Å². The molecule has 35 heavy (non-hydrogen) atoms. The predicted octanol–water partition coefficient (Wildman–Crippen LogP) is 5.79. The van der Waals surface area contributed by atoms with Gasteiger partial charge in [0, 0.05) is 6.04 Å². The normalized spacial score (nSPS) is 22.1. The molecule has 1 saturated heterocycles. The van der Waals surface area contributed by atoms with E-state index in [0.717, 1.165) is 52.8 Å². The minimum atomic E-state index is -0.463. The van der Waals surface area contributed by atoms with Crippen molar-refractivity contribution in [2.75, 3.05) is 20.8 Å². The first kappa shape index (κ1) is 26.3. The van der Waals surface area contributed by atoms with Crippen LogP contribution in [0, 0.1) is 3.57 Å². The fourth-order valence-corrected chi connectivity index (χ4v) is 6.80. The number of carbonyl (C=O) groups excluding carboxylic acids is 2. The summed E-state index contributed by atoms with van der Waals surface area (Å²) in [6.07, 6.45) is 13.5. The smallest absolute Gasteiger partial charge is 0.343 e. The van der Waals surface area contributed by atoms with Crippen LogP contribution in [-0.2, 0) is 14.3 Å². The molecule has 4 rings (SSSR count). The molecule has 1 heterocycles. The van der Waals surface area contributed by atoms with Crippen LogP contribution in [0.3, 0.4) is 0 Å². The van der Waals surface area contributed by atoms with Crippen molar-refractivity contribution in [1.29, 1.82) is 0 Å². The van der Waals surface area contributed by atoms with Crippen molar-refractivity contribution in [3.8, 4) is 11.5 Å². The van der Waals surface area contributed by atoms with Crippen LogP contribution in [0.1, 0.15) is 69.8 Å². The van der Waals surface area contributed by atoms with E-state index < -0.39 is 5.97 Å². The molecule has 0 spiro atoms. The van der Waals surface area contributed by atoms with Crippen molar-refractivity contribution in [3.05, 3.63) is 26.2 Å². The lowest BCUT2D eigenvalue weighted by Gasteiger charge is -2.31. The van der Waals surface area contributed by atoms with Gasteiger partial charge in [-0.1, -0.05) is 38.5 Å². The summed E-state index contributed by atoms with van der Waals surface area (Å²) in [5.74, 6) is 0.573. The molecular weight excluding hydrogens is 579 g/mol. The molecule has 2 saturated carbocycles. The molecule has 0 unspecified atom stereocenters. The molecular formula is C26H33IN2O5S. The van der Waals surface area contributed by atoms with E-state index in [4.69, 9.17) is 14.5 Å². The Morgan fingerprint density at radius 2 is 1.80 bits per heavy atom. The third-order valence-corrected chi connectivity index (χ3v) is 8.55. The number of esters is 1. The number of hydrogen-bond acceptors (Lipinski definition) is 7. The predicted molar refractivity (Wildman–Crippen MR) is 147 cm³/mol. The molecule has 0 aromatic heterocycles. The minimum absolute atomic E-state index is 0.0523. The molecule has 0 N–H and O–H groups in total. The molecule has 1 aromatic carbocycles. The second kappa shape index (κ2) is 12.5. The average Bonchev–Trinajstić information content (AvgIpc) is 3.17. The van der Waals surface area contributed by atoms with Crippen molar-refractivity contribution < 1.29 is 23.8 Å². The van der Waals surface area contributed by atoms with Crippen LogP contribution in [0.4, 0.5) is 0 Å². The zero-order valence-corrected chi connectivity index (χ0v) is 23.4. The van der Waals surface area contributed by atoms with Gasteiger partial charge in [-0.15, -0.1) is 0 Å². The number of benzene rings is 1. The topological polar surface area (TPSA) is 77.4 Å². The molecule has 1 aromatic rings. The Morgan fingerprint density at radius 3 is 2.46 bits per heavy atom. The minimum Gasteiger partial charge on any atom is -0.493 e. The van der Waals surface area contributed by atoms with E-state index in [1.807, 2.05) is 23.1 Å². The van der Waals surface area contributed by atoms with Gasteiger partial charge in [0.15, 0.2) is 23.3 Å². The number of halogens is 1. The monoisotopic (exact) mass is 612 g/mol. The number of rotatable bonds is 7. The summed E-state index contributed by atoms with van der Waals surface area (Å²) < 4.78 is 16.6. The number of aliphatic imine (C=N–C) groups is 1. The zero-order chi connectivity index (χ0) is 24.8. The molecule has 1 amide bonds. The van der Waals surface area contributed by atoms with E-state index in [-0.39, 0.29) is 18.6 Å². The highest BCUT2D eigenvalue weighted by Gasteiger charge is 2.39. The maximum absolute atomic E-state index is 13.6. The van der Waals surface area contributed by atoms with E-state index in [2.05, 4.69) is 27.3 Å². The summed E-state index contributed by atoms with van der Waals surface area (Å²) >= 11 is 3.65. The second-order valence-electron chi connectivity index (χ2n) is 9.18. The van der Waals surface area contributed by atoms with Crippen LogP contribution >= 0.6 is 34.4 Å². The number of carbonyl (C=O) groups is 2. The number of hydrogen-bond donors (Lipinski definition) is 0. The van der Waals surface area contributed by atoms with Crippen LogP contribution in [0.25, 0.3) is 6.08 Å². The van der Waals surface area contributed by atoms with Gasteiger partial charge in [-0.05, 0) is 83.8 Å². The number of amides is 1. The van der Waals surface area contributed by atoms with E-state index in [9.17, 15) is 9.59 Å². The highest BCUT2D eigenvalue weighted by atomic mass is 127.